The smallest absolute Gasteiger partial charge is 0.271 e. The summed E-state index contributed by atoms with van der Waals surface area (Å²) in [7, 11) is 0. The van der Waals surface area contributed by atoms with Crippen LogP contribution in [0.5, 0.6) is 0 Å². The Morgan fingerprint density at radius 3 is 2.62 bits per heavy atom. The van der Waals surface area contributed by atoms with Crippen molar-refractivity contribution in [3.05, 3.63) is 37.4 Å². The van der Waals surface area contributed by atoms with Crippen molar-refractivity contribution in [3.63, 3.8) is 0 Å². The van der Waals surface area contributed by atoms with Crippen LogP contribution in [-0.2, 0) is 0 Å². The van der Waals surface area contributed by atoms with Gasteiger partial charge in [0.05, 0.1) is 10.5 Å². The molecule has 0 spiro atoms. The molecule has 0 amide bonds. The number of amidine groups is 1. The summed E-state index contributed by atoms with van der Waals surface area (Å²) in [6.07, 6.45) is 0. The van der Waals surface area contributed by atoms with Crippen molar-refractivity contribution in [2.24, 2.45) is 5.73 Å². The third-order valence-corrected chi connectivity index (χ3v) is 2.05. The summed E-state index contributed by atoms with van der Waals surface area (Å²) < 4.78 is 0.732. The van der Waals surface area contributed by atoms with Crippen molar-refractivity contribution in [3.8, 4) is 0 Å². The van der Waals surface area contributed by atoms with E-state index >= 15 is 0 Å². The van der Waals surface area contributed by atoms with E-state index in [0.29, 0.717) is 5.56 Å². The maximum absolute atomic E-state index is 10.4. The van der Waals surface area contributed by atoms with Gasteiger partial charge in [-0.3, -0.25) is 21.3 Å². The highest BCUT2D eigenvalue weighted by Gasteiger charge is 2.11. The highest BCUT2D eigenvalue weighted by molar-refractivity contribution is 14.1. The Hall–Kier alpha value is -1.18. The fourth-order valence-corrected chi connectivity index (χ4v) is 1.50. The number of hydrogen-bond acceptors (Lipinski definition) is 2. The van der Waals surface area contributed by atoms with Crippen LogP contribution in [0.3, 0.4) is 0 Å². The normalized spacial score (nSPS) is 9.62. The Labute approximate surface area is 87.7 Å². The number of nitro benzene ring substituents is 1. The van der Waals surface area contributed by atoms with Gasteiger partial charge in [-0.25, -0.2) is 0 Å². The van der Waals surface area contributed by atoms with Gasteiger partial charge in [0, 0.05) is 15.7 Å². The Morgan fingerprint density at radius 1 is 1.54 bits per heavy atom. The maximum atomic E-state index is 10.4. The minimum Gasteiger partial charge on any atom is -0.287 e. The molecule has 1 aromatic carbocycles. The molecule has 0 aliphatic rings. The zero-order valence-electron chi connectivity index (χ0n) is 6.53. The molecule has 68 valence electrons. The summed E-state index contributed by atoms with van der Waals surface area (Å²) in [5, 5.41) is 15.8. The number of halogens is 1. The first kappa shape index (κ1) is 9.90. The minimum absolute atomic E-state index is 0.00435. The number of nitrogens with zero attached hydrogens (tertiary/aromatic N) is 1. The second-order valence-corrected chi connectivity index (χ2v) is 3.66. The quantitative estimate of drug-likeness (QED) is 0.257. The van der Waals surface area contributed by atoms with Gasteiger partial charge in [0.2, 0.25) is 0 Å². The van der Waals surface area contributed by atoms with E-state index in [-0.39, 0.29) is 11.5 Å². The van der Waals surface area contributed by atoms with E-state index in [1.165, 1.54) is 12.1 Å². The van der Waals surface area contributed by atoms with E-state index in [1.54, 1.807) is 6.07 Å². The summed E-state index contributed by atoms with van der Waals surface area (Å²) in [6, 6.07) is 4.48. The second-order valence-electron chi connectivity index (χ2n) is 2.41. The average molecular weight is 292 g/mol. The molecule has 1 aromatic rings. The van der Waals surface area contributed by atoms with Crippen molar-refractivity contribution in [2.75, 3.05) is 0 Å². The van der Waals surface area contributed by atoms with Gasteiger partial charge in [0.25, 0.3) is 11.5 Å². The van der Waals surface area contributed by atoms with E-state index < -0.39 is 4.92 Å². The van der Waals surface area contributed by atoms with Crippen LogP contribution in [0.1, 0.15) is 5.56 Å². The van der Waals surface area contributed by atoms with Crippen LogP contribution < -0.4 is 11.1 Å². The van der Waals surface area contributed by atoms with Gasteiger partial charge in [-0.05, 0) is 28.7 Å². The molecule has 0 radical (unpaired) electrons. The lowest BCUT2D eigenvalue weighted by Gasteiger charge is -1.96. The average Bonchev–Trinajstić information content (AvgIpc) is 2.03. The number of rotatable bonds is 2. The molecule has 0 atom stereocenters. The fourth-order valence-electron chi connectivity index (χ4n) is 0.846. The minimum atomic E-state index is -0.478. The van der Waals surface area contributed by atoms with Crippen LogP contribution in [0, 0.1) is 13.7 Å². The van der Waals surface area contributed by atoms with Gasteiger partial charge in [0.1, 0.15) is 0 Å². The predicted molar refractivity (Wildman–Crippen MR) is 56.0 cm³/mol. The highest BCUT2D eigenvalue weighted by atomic mass is 127. The molecule has 0 unspecified atom stereocenters. The number of nitrogens with two attached hydrogens (primary N) is 2. The molecule has 13 heavy (non-hydrogen) atoms. The number of hydrogen-bond donors (Lipinski definition) is 2. The van der Waals surface area contributed by atoms with Crippen molar-refractivity contribution in [1.29, 1.82) is 0 Å². The lowest BCUT2D eigenvalue weighted by molar-refractivity contribution is -0.385. The van der Waals surface area contributed by atoms with Gasteiger partial charge in [-0.15, -0.1) is 0 Å². The van der Waals surface area contributed by atoms with E-state index in [4.69, 9.17) is 11.1 Å². The largest absolute Gasteiger partial charge is 0.287 e. The van der Waals surface area contributed by atoms with E-state index in [0.717, 1.165) is 3.57 Å². The fraction of sp³-hybridized carbons (Fsp3) is 0. The zero-order chi connectivity index (χ0) is 10.0. The van der Waals surface area contributed by atoms with Crippen molar-refractivity contribution in [2.45, 2.75) is 0 Å². The van der Waals surface area contributed by atoms with Crippen molar-refractivity contribution >= 4 is 34.1 Å². The van der Waals surface area contributed by atoms with Gasteiger partial charge >= 0.3 is 0 Å². The lowest BCUT2D eigenvalue weighted by atomic mass is 10.2. The third kappa shape index (κ3) is 2.38. The summed E-state index contributed by atoms with van der Waals surface area (Å²) in [5.41, 5.74) is 5.80. The number of benzene rings is 1. The zero-order valence-corrected chi connectivity index (χ0v) is 8.69. The molecule has 0 heterocycles. The molecule has 0 bridgehead atoms. The summed E-state index contributed by atoms with van der Waals surface area (Å²) >= 11 is 1.97. The second kappa shape index (κ2) is 3.69. The Balaban J connectivity index is 3.26. The molecule has 6 heteroatoms. The van der Waals surface area contributed by atoms with Gasteiger partial charge in [0.15, 0.2) is 0 Å². The van der Waals surface area contributed by atoms with Crippen LogP contribution in [0.25, 0.3) is 0 Å². The molecule has 1 rings (SSSR count). The van der Waals surface area contributed by atoms with E-state index in [1.807, 2.05) is 22.6 Å². The topological polar surface area (TPSA) is 94.8 Å². The third-order valence-electron chi connectivity index (χ3n) is 1.43. The molecule has 0 aliphatic heterocycles. The van der Waals surface area contributed by atoms with Crippen LogP contribution in [0.15, 0.2) is 18.2 Å². The van der Waals surface area contributed by atoms with Crippen LogP contribution in [-0.4, -0.2) is 10.8 Å². The molecule has 5 nitrogen and oxygen atoms in total. The predicted octanol–water partition coefficient (Wildman–Crippen LogP) is -0.336. The maximum Gasteiger partial charge on any atom is 0.271 e. The van der Waals surface area contributed by atoms with E-state index in [2.05, 4.69) is 0 Å². The molecule has 0 aromatic heterocycles. The standard InChI is InChI=1S/C7H6IN3O2/c8-5-1-4(7(9)10)2-6(3-5)11(12)13/h1-3H,(H3,9,10)/p+1. The Kier molecular flexibility index (Phi) is 2.81. The first-order valence-corrected chi connectivity index (χ1v) is 4.42. The van der Waals surface area contributed by atoms with Crippen LogP contribution in [0.4, 0.5) is 5.69 Å². The Morgan fingerprint density at radius 2 is 2.15 bits per heavy atom. The molecule has 0 aliphatic carbocycles. The van der Waals surface area contributed by atoms with Crippen LogP contribution >= 0.6 is 22.6 Å². The van der Waals surface area contributed by atoms with Gasteiger partial charge in [-0.2, -0.15) is 0 Å². The van der Waals surface area contributed by atoms with Crippen molar-refractivity contribution < 1.29 is 10.3 Å². The molecule has 4 N–H and O–H groups in total. The molecular formula is C7H7IN3O2+. The molecular weight excluding hydrogens is 285 g/mol. The monoisotopic (exact) mass is 292 g/mol. The van der Waals surface area contributed by atoms with Gasteiger partial charge in [-0.1, -0.05) is 0 Å². The van der Waals surface area contributed by atoms with Crippen LogP contribution in [0.2, 0.25) is 0 Å². The van der Waals surface area contributed by atoms with E-state index in [9.17, 15) is 10.1 Å². The first-order valence-electron chi connectivity index (χ1n) is 3.34. The van der Waals surface area contributed by atoms with Gasteiger partial charge < -0.3 is 0 Å². The number of non-ortho nitro benzene ring substituents is 1. The SMILES string of the molecule is NC(=[NH2+])c1cc(I)cc([N+](=O)[O-])c1. The Bertz CT molecular complexity index is 346. The summed E-state index contributed by atoms with van der Waals surface area (Å²) in [4.78, 5) is 9.96. The molecule has 0 fully saturated rings. The lowest BCUT2D eigenvalue weighted by Crippen LogP contribution is -2.46. The highest BCUT2D eigenvalue weighted by Crippen LogP contribution is 2.17. The summed E-state index contributed by atoms with van der Waals surface area (Å²) in [5.74, 6) is 0.0848. The molecule has 0 saturated carbocycles. The first-order chi connectivity index (χ1) is 6.00. The molecule has 0 saturated heterocycles. The summed E-state index contributed by atoms with van der Waals surface area (Å²) in [6.45, 7) is 0. The van der Waals surface area contributed by atoms with Crippen molar-refractivity contribution in [1.82, 2.24) is 0 Å². The number of nitro groups is 1.